The molecule has 5 aromatic rings. The van der Waals surface area contributed by atoms with E-state index in [1.807, 2.05) is 118 Å². The second kappa shape index (κ2) is 26.6. The largest absolute Gasteiger partial charge is 0.478 e. The van der Waals surface area contributed by atoms with E-state index in [4.69, 9.17) is 4.52 Å². The summed E-state index contributed by atoms with van der Waals surface area (Å²) in [5.74, 6) is -0.214. The Labute approximate surface area is 469 Å². The van der Waals surface area contributed by atoms with Crippen LogP contribution in [-0.2, 0) is 29.5 Å². The molecule has 5 aromatic carbocycles. The van der Waals surface area contributed by atoms with Gasteiger partial charge in [0.05, 0.1) is 40.7 Å². The second-order valence-electron chi connectivity index (χ2n) is 20.9. The Bertz CT molecular complexity index is 3100. The topological polar surface area (TPSA) is 143 Å². The van der Waals surface area contributed by atoms with Gasteiger partial charge in [0, 0.05) is 85.1 Å². The fourth-order valence-corrected chi connectivity index (χ4v) is 14.6. The lowest BCUT2D eigenvalue weighted by Gasteiger charge is -2.37. The van der Waals surface area contributed by atoms with E-state index in [9.17, 15) is 37.2 Å². The monoisotopic (exact) mass is 1140 g/mol. The number of allylic oxidation sites excluding steroid dienone is 4. The molecule has 18 heteroatoms. The molecule has 0 aromatic heterocycles. The summed E-state index contributed by atoms with van der Waals surface area (Å²) in [5.41, 5.74) is 8.00. The number of aliphatic hydroxyl groups excluding tert-OH is 1. The molecule has 420 valence electrons. The van der Waals surface area contributed by atoms with Gasteiger partial charge in [0.2, 0.25) is 5.12 Å². The van der Waals surface area contributed by atoms with Crippen molar-refractivity contribution in [2.75, 3.05) is 84.5 Å². The third-order valence-electron chi connectivity index (χ3n) is 14.4. The minimum absolute atomic E-state index is 0.0884. The second-order valence-corrected chi connectivity index (χ2v) is 25.7. The van der Waals surface area contributed by atoms with Gasteiger partial charge in [-0.1, -0.05) is 91.7 Å². The zero-order chi connectivity index (χ0) is 56.4. The quantitative estimate of drug-likeness (QED) is 0.0224. The zero-order valence-electron chi connectivity index (χ0n) is 45.5. The number of piperidine rings is 1. The first-order valence-corrected chi connectivity index (χ1v) is 30.6. The summed E-state index contributed by atoms with van der Waals surface area (Å²) in [6.07, 6.45) is -1.05. The number of carbonyl (C=O) groups is 2. The van der Waals surface area contributed by atoms with E-state index in [1.165, 1.54) is 6.07 Å². The lowest BCUT2D eigenvalue weighted by molar-refractivity contribution is -0.146. The average molecular weight is 1140 g/mol. The summed E-state index contributed by atoms with van der Waals surface area (Å²) in [7, 11) is -6.72. The van der Waals surface area contributed by atoms with Crippen molar-refractivity contribution in [2.24, 2.45) is 5.92 Å². The number of anilines is 4. The third kappa shape index (κ3) is 15.3. The summed E-state index contributed by atoms with van der Waals surface area (Å²) in [6.45, 7) is 15.1. The van der Waals surface area contributed by atoms with Crippen LogP contribution in [0.25, 0.3) is 11.1 Å². The Balaban J connectivity index is 1.01. The number of nitrogens with zero attached hydrogens (tertiary/aromatic N) is 4. The van der Waals surface area contributed by atoms with Crippen molar-refractivity contribution in [2.45, 2.75) is 88.4 Å². The number of hydrogen-bond acceptors (Lipinski definition) is 11. The summed E-state index contributed by atoms with van der Waals surface area (Å²) in [5, 5.41) is 22.8. The summed E-state index contributed by atoms with van der Waals surface area (Å²) < 4.78 is 77.7. The van der Waals surface area contributed by atoms with Crippen LogP contribution in [0.15, 0.2) is 154 Å². The Morgan fingerprint density at radius 1 is 0.823 bits per heavy atom. The highest BCUT2D eigenvalue weighted by molar-refractivity contribution is 8.00. The maximum absolute atomic E-state index is 15.2. The highest BCUT2D eigenvalue weighted by Crippen LogP contribution is 2.56. The van der Waals surface area contributed by atoms with E-state index in [0.29, 0.717) is 74.6 Å². The van der Waals surface area contributed by atoms with Gasteiger partial charge in [-0.05, 0) is 129 Å². The number of thioether (sulfide) groups is 1. The number of carboxylic acid groups (broad SMARTS) is 1. The van der Waals surface area contributed by atoms with Crippen LogP contribution in [-0.4, -0.2) is 113 Å². The molecule has 12 nitrogen and oxygen atoms in total. The van der Waals surface area contributed by atoms with Gasteiger partial charge < -0.3 is 34.8 Å². The summed E-state index contributed by atoms with van der Waals surface area (Å²) >= 11 is 1.59. The predicted molar refractivity (Wildman–Crippen MR) is 315 cm³/mol. The smallest absolute Gasteiger partial charge is 0.396 e. The van der Waals surface area contributed by atoms with Gasteiger partial charge in [-0.2, -0.15) is 13.2 Å². The number of alkyl halides is 3. The van der Waals surface area contributed by atoms with E-state index < -0.39 is 42.0 Å². The number of aliphatic hydroxyl groups is 1. The Hall–Kier alpha value is -5.94. The SMILES string of the molecule is CC(C)=C(C(=O)O)/C(=C(\C=C\C(C)C)c1ccc(C)cc1)c1cccc(N2CCN(c3ccc(N4CCOP4(=O)c4ccc(N[C@H](CCN5CCC(O)CC5)CSc5ccccc5)c(S(=O)C(=O)CC(F)(F)F)c4)cc3)CC2)c1. The minimum Gasteiger partial charge on any atom is -0.478 e. The molecule has 2 unspecified atom stereocenters. The number of benzene rings is 5. The first-order chi connectivity index (χ1) is 37.8. The van der Waals surface area contributed by atoms with Crippen molar-refractivity contribution in [1.29, 1.82) is 0 Å². The highest BCUT2D eigenvalue weighted by atomic mass is 32.2. The molecule has 0 radical (unpaired) electrons. The van der Waals surface area contributed by atoms with Crippen LogP contribution in [0.1, 0.15) is 70.1 Å². The minimum atomic E-state index is -4.89. The number of likely N-dealkylation sites (tertiary alicyclic amines) is 1. The Kier molecular flexibility index (Phi) is 19.9. The molecule has 3 heterocycles. The molecule has 3 N–H and O–H groups in total. The molecule has 79 heavy (non-hydrogen) atoms. The van der Waals surface area contributed by atoms with Crippen molar-refractivity contribution < 1.29 is 46.3 Å². The fraction of sp³-hybridized carbons (Fsp3) is 0.377. The number of piperazine rings is 1. The van der Waals surface area contributed by atoms with Crippen LogP contribution < -0.4 is 25.1 Å². The van der Waals surface area contributed by atoms with Crippen LogP contribution in [0.3, 0.4) is 0 Å². The first kappa shape index (κ1) is 59.2. The van der Waals surface area contributed by atoms with Gasteiger partial charge in [0.15, 0.2) is 0 Å². The molecule has 8 rings (SSSR count). The zero-order valence-corrected chi connectivity index (χ0v) is 48.0. The number of carbonyl (C=O) groups excluding carboxylic acids is 1. The predicted octanol–water partition coefficient (Wildman–Crippen LogP) is 12.2. The van der Waals surface area contributed by atoms with Crippen LogP contribution in [0, 0.1) is 12.8 Å². The van der Waals surface area contributed by atoms with Crippen LogP contribution in [0.2, 0.25) is 0 Å². The van der Waals surface area contributed by atoms with Gasteiger partial charge in [-0.15, -0.1) is 11.8 Å². The van der Waals surface area contributed by atoms with E-state index in [2.05, 4.69) is 52.1 Å². The summed E-state index contributed by atoms with van der Waals surface area (Å²) in [4.78, 5) is 33.8. The van der Waals surface area contributed by atoms with E-state index >= 15 is 4.57 Å². The fourth-order valence-electron chi connectivity index (χ4n) is 10.1. The molecule has 0 spiro atoms. The number of halogens is 3. The number of aliphatic carboxylic acids is 1. The highest BCUT2D eigenvalue weighted by Gasteiger charge is 2.41. The van der Waals surface area contributed by atoms with Crippen LogP contribution in [0.5, 0.6) is 0 Å². The average Bonchev–Trinajstić information content (AvgIpc) is 3.89. The number of carboxylic acids is 1. The van der Waals surface area contributed by atoms with Gasteiger partial charge in [-0.25, -0.2) is 9.00 Å². The van der Waals surface area contributed by atoms with Gasteiger partial charge in [0.1, 0.15) is 17.2 Å². The molecule has 3 aliphatic rings. The Morgan fingerprint density at radius 2 is 1.48 bits per heavy atom. The van der Waals surface area contributed by atoms with Gasteiger partial charge >= 0.3 is 19.7 Å². The molecule has 0 amide bonds. The standard InChI is InChI=1S/C61H71F3N5O7PS2/c1-42(2)14-24-54(45-17-15-44(5)16-18-45)59(58(43(3)4)60(72)73)46-10-9-11-50(38-46)68-34-32-67(33-35-68)48-19-21-49(22-20-48)69-36-37-76-77(69,74)52-23-25-55(56(39-52)79(75)57(71)40-61(62,63)64)65-47(41-78-53-12-7-6-8-13-53)26-29-66-30-27-51(70)28-31-66/h6-25,38-39,42,47,51,65,70H,26-37,40-41H2,1-5H3,(H,72,73)/b24-14+,59-54+/t47-,77?,79?/m1/s1. The van der Waals surface area contributed by atoms with E-state index in [-0.39, 0.29) is 52.7 Å². The van der Waals surface area contributed by atoms with E-state index in [1.54, 1.807) is 28.6 Å². The Morgan fingerprint density at radius 3 is 2.11 bits per heavy atom. The number of aryl methyl sites for hydroxylation is 1. The number of hydrogen-bond donors (Lipinski definition) is 3. The molecular formula is C61H71F3N5O7PS2. The molecule has 0 aliphatic carbocycles. The third-order valence-corrected chi connectivity index (χ3v) is 19.4. The van der Waals surface area contributed by atoms with Crippen molar-refractivity contribution >= 4 is 80.4 Å². The van der Waals surface area contributed by atoms with E-state index in [0.717, 1.165) is 51.6 Å². The molecule has 0 saturated carbocycles. The van der Waals surface area contributed by atoms with Crippen LogP contribution >= 0.6 is 19.3 Å². The van der Waals surface area contributed by atoms with Crippen LogP contribution in [0.4, 0.5) is 35.9 Å². The van der Waals surface area contributed by atoms with Crippen molar-refractivity contribution in [3.63, 3.8) is 0 Å². The molecule has 3 atom stereocenters. The molecule has 3 saturated heterocycles. The molecule has 3 aliphatic heterocycles. The number of nitrogens with one attached hydrogen (secondary N) is 1. The maximum atomic E-state index is 15.2. The van der Waals surface area contributed by atoms with Crippen molar-refractivity contribution in [1.82, 2.24) is 4.90 Å². The molecular weight excluding hydrogens is 1070 g/mol. The maximum Gasteiger partial charge on any atom is 0.396 e. The lowest BCUT2D eigenvalue weighted by Crippen LogP contribution is -2.46. The lowest BCUT2D eigenvalue weighted by atomic mass is 9.86. The molecule has 0 bridgehead atoms. The summed E-state index contributed by atoms with van der Waals surface area (Å²) in [6, 6.07) is 37.8. The number of rotatable bonds is 20. The normalized spacial score (nSPS) is 18.7. The van der Waals surface area contributed by atoms with Crippen molar-refractivity contribution in [3.8, 4) is 0 Å². The van der Waals surface area contributed by atoms with Gasteiger partial charge in [-0.3, -0.25) is 14.0 Å². The van der Waals surface area contributed by atoms with Gasteiger partial charge in [0.25, 0.3) is 0 Å². The van der Waals surface area contributed by atoms with Crippen molar-refractivity contribution in [3.05, 3.63) is 161 Å². The molecule has 3 fully saturated rings. The first-order valence-electron chi connectivity index (χ1n) is 26.9.